The van der Waals surface area contributed by atoms with E-state index in [2.05, 4.69) is 44.1 Å². The molecule has 16 heavy (non-hydrogen) atoms. The quantitative estimate of drug-likeness (QED) is 0.803. The third kappa shape index (κ3) is 2.09. The summed E-state index contributed by atoms with van der Waals surface area (Å²) in [5, 5.41) is 0.869. The number of halogens is 1. The molecule has 0 radical (unpaired) electrons. The standard InChI is InChI=1S/C13H13BrN2/c14-7-10-3-4-12-13(6-10)15-8-11(16-12)5-9-1-2-9/h3-4,6,8-9H,1-2,5,7H2. The van der Waals surface area contributed by atoms with Crippen LogP contribution >= 0.6 is 15.9 Å². The van der Waals surface area contributed by atoms with Gasteiger partial charge in [0.2, 0.25) is 0 Å². The van der Waals surface area contributed by atoms with Crippen molar-refractivity contribution < 1.29 is 0 Å². The smallest absolute Gasteiger partial charge is 0.0890 e. The predicted molar refractivity (Wildman–Crippen MR) is 68.6 cm³/mol. The fraction of sp³-hybridized carbons (Fsp3) is 0.385. The predicted octanol–water partition coefficient (Wildman–Crippen LogP) is 3.48. The molecule has 3 rings (SSSR count). The van der Waals surface area contributed by atoms with E-state index >= 15 is 0 Å². The Morgan fingerprint density at radius 1 is 1.25 bits per heavy atom. The summed E-state index contributed by atoms with van der Waals surface area (Å²) in [5.41, 5.74) is 4.40. The molecule has 0 bridgehead atoms. The molecule has 0 spiro atoms. The van der Waals surface area contributed by atoms with Crippen LogP contribution < -0.4 is 0 Å². The summed E-state index contributed by atoms with van der Waals surface area (Å²) in [6.45, 7) is 0. The highest BCUT2D eigenvalue weighted by atomic mass is 79.9. The number of rotatable bonds is 3. The molecule has 0 saturated heterocycles. The first-order chi connectivity index (χ1) is 7.85. The normalized spacial score (nSPS) is 15.6. The van der Waals surface area contributed by atoms with Gasteiger partial charge in [-0.2, -0.15) is 0 Å². The van der Waals surface area contributed by atoms with Crippen molar-refractivity contribution in [2.24, 2.45) is 5.92 Å². The van der Waals surface area contributed by atoms with Crippen molar-refractivity contribution in [3.05, 3.63) is 35.7 Å². The molecule has 0 atom stereocenters. The zero-order chi connectivity index (χ0) is 11.0. The molecule has 1 aliphatic rings. The van der Waals surface area contributed by atoms with E-state index in [0.29, 0.717) is 0 Å². The third-order valence-electron chi connectivity index (χ3n) is 3.01. The summed E-state index contributed by atoms with van der Waals surface area (Å²) in [5.74, 6) is 0.869. The molecule has 1 aromatic carbocycles. The molecule has 1 aromatic heterocycles. The molecule has 0 aliphatic heterocycles. The lowest BCUT2D eigenvalue weighted by molar-refractivity contribution is 0.803. The molecule has 0 unspecified atom stereocenters. The number of fused-ring (bicyclic) bond motifs is 1. The zero-order valence-corrected chi connectivity index (χ0v) is 10.6. The average molecular weight is 277 g/mol. The van der Waals surface area contributed by atoms with Crippen LogP contribution in [0.4, 0.5) is 0 Å². The number of aromatic nitrogens is 2. The number of alkyl halides is 1. The summed E-state index contributed by atoms with van der Waals surface area (Å²) in [6, 6.07) is 6.26. The first-order valence-electron chi connectivity index (χ1n) is 5.65. The molecule has 1 aliphatic carbocycles. The lowest BCUT2D eigenvalue weighted by atomic mass is 10.2. The van der Waals surface area contributed by atoms with Gasteiger partial charge in [-0.25, -0.2) is 4.98 Å². The van der Waals surface area contributed by atoms with E-state index in [1.54, 1.807) is 0 Å². The van der Waals surface area contributed by atoms with Gasteiger partial charge in [-0.1, -0.05) is 22.0 Å². The second-order valence-electron chi connectivity index (χ2n) is 4.47. The van der Waals surface area contributed by atoms with Gasteiger partial charge in [0.25, 0.3) is 0 Å². The Morgan fingerprint density at radius 3 is 2.88 bits per heavy atom. The summed E-state index contributed by atoms with van der Waals surface area (Å²) in [7, 11) is 0. The van der Waals surface area contributed by atoms with Crippen LogP contribution in [0.3, 0.4) is 0 Å². The summed E-state index contributed by atoms with van der Waals surface area (Å²) < 4.78 is 0. The Kier molecular flexibility index (Phi) is 2.64. The first kappa shape index (κ1) is 10.2. The van der Waals surface area contributed by atoms with Gasteiger partial charge in [0.1, 0.15) is 0 Å². The molecule has 3 heteroatoms. The molecule has 2 aromatic rings. The SMILES string of the molecule is BrCc1ccc2nc(CC3CC3)cnc2c1. The van der Waals surface area contributed by atoms with Crippen LogP contribution in [0, 0.1) is 5.92 Å². The Hall–Kier alpha value is -0.960. The molecule has 0 amide bonds. The van der Waals surface area contributed by atoms with Crippen molar-refractivity contribution in [2.75, 3.05) is 0 Å². The molecular formula is C13H13BrN2. The van der Waals surface area contributed by atoms with E-state index < -0.39 is 0 Å². The van der Waals surface area contributed by atoms with Gasteiger partial charge >= 0.3 is 0 Å². The average Bonchev–Trinajstić information content (AvgIpc) is 3.12. The van der Waals surface area contributed by atoms with Crippen LogP contribution in [0.1, 0.15) is 24.1 Å². The van der Waals surface area contributed by atoms with Crippen LogP contribution in [-0.4, -0.2) is 9.97 Å². The molecule has 1 heterocycles. The lowest BCUT2D eigenvalue weighted by Gasteiger charge is -2.02. The van der Waals surface area contributed by atoms with E-state index in [0.717, 1.165) is 34.4 Å². The van der Waals surface area contributed by atoms with E-state index in [-0.39, 0.29) is 0 Å². The van der Waals surface area contributed by atoms with E-state index in [4.69, 9.17) is 0 Å². The van der Waals surface area contributed by atoms with Gasteiger partial charge in [-0.3, -0.25) is 4.98 Å². The van der Waals surface area contributed by atoms with E-state index in [9.17, 15) is 0 Å². The topological polar surface area (TPSA) is 25.8 Å². The van der Waals surface area contributed by atoms with Gasteiger partial charge in [0.15, 0.2) is 0 Å². The summed E-state index contributed by atoms with van der Waals surface area (Å²) in [4.78, 5) is 9.14. The largest absolute Gasteiger partial charge is 0.253 e. The number of nitrogens with zero attached hydrogens (tertiary/aromatic N) is 2. The van der Waals surface area contributed by atoms with Crippen LogP contribution in [0.5, 0.6) is 0 Å². The van der Waals surface area contributed by atoms with Crippen molar-refractivity contribution in [1.82, 2.24) is 9.97 Å². The first-order valence-corrected chi connectivity index (χ1v) is 6.78. The second kappa shape index (κ2) is 4.13. The highest BCUT2D eigenvalue weighted by Gasteiger charge is 2.22. The molecule has 82 valence electrons. The Balaban J connectivity index is 1.97. The minimum absolute atomic E-state index is 0.869. The molecule has 1 fully saturated rings. The van der Waals surface area contributed by atoms with Gasteiger partial charge in [0.05, 0.1) is 16.7 Å². The van der Waals surface area contributed by atoms with Crippen molar-refractivity contribution >= 4 is 27.0 Å². The van der Waals surface area contributed by atoms with Crippen molar-refractivity contribution in [1.29, 1.82) is 0 Å². The fourth-order valence-electron chi connectivity index (χ4n) is 1.89. The van der Waals surface area contributed by atoms with Crippen LogP contribution in [0.15, 0.2) is 24.4 Å². The lowest BCUT2D eigenvalue weighted by Crippen LogP contribution is -1.95. The summed E-state index contributed by atoms with van der Waals surface area (Å²) in [6.07, 6.45) is 5.76. The highest BCUT2D eigenvalue weighted by molar-refractivity contribution is 9.08. The highest BCUT2D eigenvalue weighted by Crippen LogP contribution is 2.32. The van der Waals surface area contributed by atoms with Crippen molar-refractivity contribution in [3.8, 4) is 0 Å². The fourth-order valence-corrected chi connectivity index (χ4v) is 2.24. The van der Waals surface area contributed by atoms with Gasteiger partial charge in [0, 0.05) is 11.5 Å². The zero-order valence-electron chi connectivity index (χ0n) is 8.99. The third-order valence-corrected chi connectivity index (χ3v) is 3.65. The minimum Gasteiger partial charge on any atom is -0.253 e. The van der Waals surface area contributed by atoms with Gasteiger partial charge in [-0.05, 0) is 42.9 Å². The molecular weight excluding hydrogens is 264 g/mol. The maximum Gasteiger partial charge on any atom is 0.0890 e. The van der Waals surface area contributed by atoms with Gasteiger partial charge in [-0.15, -0.1) is 0 Å². The maximum atomic E-state index is 4.65. The van der Waals surface area contributed by atoms with Crippen LogP contribution in [0.25, 0.3) is 11.0 Å². The van der Waals surface area contributed by atoms with Crippen LogP contribution in [0.2, 0.25) is 0 Å². The summed E-state index contributed by atoms with van der Waals surface area (Å²) >= 11 is 3.45. The van der Waals surface area contributed by atoms with Gasteiger partial charge < -0.3 is 0 Å². The maximum absolute atomic E-state index is 4.65. The number of hydrogen-bond acceptors (Lipinski definition) is 2. The number of hydrogen-bond donors (Lipinski definition) is 0. The van der Waals surface area contributed by atoms with E-state index in [1.165, 1.54) is 18.4 Å². The Labute approximate surface area is 103 Å². The van der Waals surface area contributed by atoms with Crippen LogP contribution in [-0.2, 0) is 11.8 Å². The molecule has 2 nitrogen and oxygen atoms in total. The monoisotopic (exact) mass is 276 g/mol. The van der Waals surface area contributed by atoms with Crippen molar-refractivity contribution in [3.63, 3.8) is 0 Å². The molecule has 0 N–H and O–H groups in total. The number of benzene rings is 1. The Morgan fingerprint density at radius 2 is 2.12 bits per heavy atom. The molecule has 1 saturated carbocycles. The Bertz CT molecular complexity index is 520. The second-order valence-corrected chi connectivity index (χ2v) is 5.03. The van der Waals surface area contributed by atoms with Crippen molar-refractivity contribution in [2.45, 2.75) is 24.6 Å². The van der Waals surface area contributed by atoms with E-state index in [1.807, 2.05) is 6.20 Å². The minimum atomic E-state index is 0.869.